The number of carbonyl (C=O) groups excluding carboxylic acids is 2. The molecule has 1 heterocycles. The normalized spacial score (nSPS) is 18.1. The van der Waals surface area contributed by atoms with E-state index >= 15 is 0 Å². The first-order valence-corrected chi connectivity index (χ1v) is 4.79. The maximum absolute atomic E-state index is 11.3. The number of hydrogen-bond acceptors (Lipinski definition) is 3. The summed E-state index contributed by atoms with van der Waals surface area (Å²) in [6.07, 6.45) is 1.77. The number of nitrogens with one attached hydrogen (secondary N) is 1. The van der Waals surface area contributed by atoms with E-state index in [1.807, 2.05) is 6.92 Å². The zero-order valence-corrected chi connectivity index (χ0v) is 8.01. The summed E-state index contributed by atoms with van der Waals surface area (Å²) in [5, 5.41) is 3.09. The van der Waals surface area contributed by atoms with E-state index < -0.39 is 0 Å². The molecule has 74 valence electrons. The lowest BCUT2D eigenvalue weighted by Gasteiger charge is -2.24. The van der Waals surface area contributed by atoms with Gasteiger partial charge in [-0.3, -0.25) is 14.5 Å². The number of amides is 2. The Morgan fingerprint density at radius 3 is 2.46 bits per heavy atom. The van der Waals surface area contributed by atoms with Crippen LogP contribution in [-0.4, -0.2) is 36.3 Å². The van der Waals surface area contributed by atoms with E-state index in [0.717, 1.165) is 13.0 Å². The maximum Gasteiger partial charge on any atom is 0.229 e. The van der Waals surface area contributed by atoms with E-state index in [9.17, 15) is 9.59 Å². The molecule has 0 unspecified atom stereocenters. The first-order chi connectivity index (χ1) is 6.25. The van der Waals surface area contributed by atoms with Gasteiger partial charge in [0.25, 0.3) is 0 Å². The number of hydrogen-bond donors (Lipinski definition) is 1. The molecular weight excluding hydrogens is 168 g/mol. The second kappa shape index (κ2) is 4.97. The van der Waals surface area contributed by atoms with Crippen LogP contribution in [0.4, 0.5) is 0 Å². The summed E-state index contributed by atoms with van der Waals surface area (Å²) in [6, 6.07) is 0. The van der Waals surface area contributed by atoms with Crippen LogP contribution in [0.15, 0.2) is 0 Å². The van der Waals surface area contributed by atoms with Gasteiger partial charge in [0.1, 0.15) is 0 Å². The summed E-state index contributed by atoms with van der Waals surface area (Å²) in [5.74, 6) is -0.0386. The second-order valence-corrected chi connectivity index (χ2v) is 3.15. The average Bonchev–Trinajstić information content (AvgIpc) is 2.10. The molecule has 4 nitrogen and oxygen atoms in total. The number of likely N-dealkylation sites (tertiary alicyclic amines) is 1. The zero-order valence-electron chi connectivity index (χ0n) is 8.01. The number of rotatable bonds is 4. The highest BCUT2D eigenvalue weighted by Gasteiger charge is 2.24. The minimum Gasteiger partial charge on any atom is -0.315 e. The molecule has 0 atom stereocenters. The third-order valence-electron chi connectivity index (χ3n) is 2.15. The molecule has 1 aliphatic rings. The monoisotopic (exact) mass is 184 g/mol. The molecule has 0 bridgehead atoms. The Morgan fingerprint density at radius 1 is 1.31 bits per heavy atom. The van der Waals surface area contributed by atoms with Gasteiger partial charge in [0.2, 0.25) is 11.8 Å². The van der Waals surface area contributed by atoms with Crippen molar-refractivity contribution in [1.29, 1.82) is 0 Å². The third-order valence-corrected chi connectivity index (χ3v) is 2.15. The van der Waals surface area contributed by atoms with Crippen molar-refractivity contribution >= 4 is 11.8 Å². The highest BCUT2D eigenvalue weighted by molar-refractivity contribution is 5.97. The molecule has 4 heteroatoms. The smallest absolute Gasteiger partial charge is 0.229 e. The molecule has 1 aliphatic heterocycles. The lowest BCUT2D eigenvalue weighted by molar-refractivity contribution is -0.147. The van der Waals surface area contributed by atoms with E-state index in [2.05, 4.69) is 5.32 Å². The Bertz CT molecular complexity index is 188. The van der Waals surface area contributed by atoms with Crippen molar-refractivity contribution < 1.29 is 9.59 Å². The van der Waals surface area contributed by atoms with Crippen LogP contribution >= 0.6 is 0 Å². The van der Waals surface area contributed by atoms with Crippen LogP contribution in [0.2, 0.25) is 0 Å². The van der Waals surface area contributed by atoms with Gasteiger partial charge < -0.3 is 5.32 Å². The largest absolute Gasteiger partial charge is 0.315 e. The molecular formula is C9H16N2O2. The molecule has 0 aromatic heterocycles. The van der Waals surface area contributed by atoms with E-state index in [0.29, 0.717) is 25.9 Å². The Morgan fingerprint density at radius 2 is 1.92 bits per heavy atom. The quantitative estimate of drug-likeness (QED) is 0.499. The van der Waals surface area contributed by atoms with Crippen molar-refractivity contribution in [1.82, 2.24) is 10.2 Å². The summed E-state index contributed by atoms with van der Waals surface area (Å²) in [4.78, 5) is 23.9. The van der Waals surface area contributed by atoms with Gasteiger partial charge in [-0.25, -0.2) is 0 Å². The minimum atomic E-state index is -0.0193. The van der Waals surface area contributed by atoms with Gasteiger partial charge in [0.05, 0.1) is 0 Å². The van der Waals surface area contributed by atoms with Crippen molar-refractivity contribution in [3.63, 3.8) is 0 Å². The molecule has 13 heavy (non-hydrogen) atoms. The van der Waals surface area contributed by atoms with Crippen molar-refractivity contribution in [2.24, 2.45) is 0 Å². The Balaban J connectivity index is 2.35. The topological polar surface area (TPSA) is 49.4 Å². The molecule has 0 aromatic rings. The Labute approximate surface area is 78.3 Å². The molecule has 0 spiro atoms. The molecule has 2 amide bonds. The highest BCUT2D eigenvalue weighted by Crippen LogP contribution is 2.10. The van der Waals surface area contributed by atoms with E-state index in [1.54, 1.807) is 0 Å². The standard InChI is InChI=1S/C9H16N2O2/c1-2-10-6-7-11-8(12)4-3-5-9(11)13/h10H,2-7H2,1H3. The summed E-state index contributed by atoms with van der Waals surface area (Å²) in [6.45, 7) is 4.09. The number of nitrogens with zero attached hydrogens (tertiary/aromatic N) is 1. The van der Waals surface area contributed by atoms with Crippen LogP contribution in [-0.2, 0) is 9.59 Å². The molecule has 1 fully saturated rings. The fourth-order valence-corrected chi connectivity index (χ4v) is 1.42. The minimum absolute atomic E-state index is 0.0193. The maximum atomic E-state index is 11.3. The van der Waals surface area contributed by atoms with Gasteiger partial charge in [-0.1, -0.05) is 6.92 Å². The summed E-state index contributed by atoms with van der Waals surface area (Å²) < 4.78 is 0. The van der Waals surface area contributed by atoms with Gasteiger partial charge in [0, 0.05) is 25.9 Å². The lowest BCUT2D eigenvalue weighted by atomic mass is 10.1. The van der Waals surface area contributed by atoms with Crippen LogP contribution in [0.25, 0.3) is 0 Å². The Hall–Kier alpha value is -0.900. The van der Waals surface area contributed by atoms with Gasteiger partial charge in [-0.2, -0.15) is 0 Å². The van der Waals surface area contributed by atoms with Crippen LogP contribution in [0.5, 0.6) is 0 Å². The summed E-state index contributed by atoms with van der Waals surface area (Å²) in [5.41, 5.74) is 0. The molecule has 0 aliphatic carbocycles. The third kappa shape index (κ3) is 2.81. The molecule has 0 radical (unpaired) electrons. The predicted molar refractivity (Wildman–Crippen MR) is 49.1 cm³/mol. The van der Waals surface area contributed by atoms with Gasteiger partial charge in [-0.15, -0.1) is 0 Å². The summed E-state index contributed by atoms with van der Waals surface area (Å²) in [7, 11) is 0. The summed E-state index contributed by atoms with van der Waals surface area (Å²) >= 11 is 0. The van der Waals surface area contributed by atoms with Gasteiger partial charge in [-0.05, 0) is 13.0 Å². The van der Waals surface area contributed by atoms with Crippen LogP contribution in [0.3, 0.4) is 0 Å². The predicted octanol–water partition coefficient (Wildman–Crippen LogP) is 0.135. The lowest BCUT2D eigenvalue weighted by Crippen LogP contribution is -2.43. The van der Waals surface area contributed by atoms with E-state index in [-0.39, 0.29) is 11.8 Å². The number of carbonyl (C=O) groups is 2. The fourth-order valence-electron chi connectivity index (χ4n) is 1.42. The van der Waals surface area contributed by atoms with Crippen LogP contribution in [0, 0.1) is 0 Å². The first kappa shape index (κ1) is 10.2. The first-order valence-electron chi connectivity index (χ1n) is 4.79. The second-order valence-electron chi connectivity index (χ2n) is 3.15. The number of likely N-dealkylation sites (N-methyl/N-ethyl adjacent to an activating group) is 1. The Kier molecular flexibility index (Phi) is 3.89. The van der Waals surface area contributed by atoms with E-state index in [4.69, 9.17) is 0 Å². The fraction of sp³-hybridized carbons (Fsp3) is 0.778. The van der Waals surface area contributed by atoms with Gasteiger partial charge >= 0.3 is 0 Å². The van der Waals surface area contributed by atoms with Crippen molar-refractivity contribution in [2.75, 3.05) is 19.6 Å². The molecule has 0 saturated carbocycles. The zero-order chi connectivity index (χ0) is 9.68. The van der Waals surface area contributed by atoms with E-state index in [1.165, 1.54) is 4.90 Å². The molecule has 0 aromatic carbocycles. The molecule has 1 rings (SSSR count). The number of piperidine rings is 1. The van der Waals surface area contributed by atoms with Crippen molar-refractivity contribution in [3.8, 4) is 0 Å². The van der Waals surface area contributed by atoms with Crippen molar-refractivity contribution in [2.45, 2.75) is 26.2 Å². The highest BCUT2D eigenvalue weighted by atomic mass is 16.2. The average molecular weight is 184 g/mol. The molecule has 1 saturated heterocycles. The SMILES string of the molecule is CCNCCN1C(=O)CCCC1=O. The van der Waals surface area contributed by atoms with Gasteiger partial charge in [0.15, 0.2) is 0 Å². The van der Waals surface area contributed by atoms with Crippen LogP contribution in [0.1, 0.15) is 26.2 Å². The van der Waals surface area contributed by atoms with Crippen LogP contribution < -0.4 is 5.32 Å². The molecule has 1 N–H and O–H groups in total. The number of imide groups is 1. The van der Waals surface area contributed by atoms with Crippen molar-refractivity contribution in [3.05, 3.63) is 0 Å².